The molecule has 0 spiro atoms. The molecule has 0 aromatic rings. The van der Waals surface area contributed by atoms with E-state index in [0.717, 1.165) is 0 Å². The molecule has 0 fully saturated rings. The van der Waals surface area contributed by atoms with Gasteiger partial charge in [-0.3, -0.25) is 4.58 Å². The van der Waals surface area contributed by atoms with Crippen molar-refractivity contribution in [3.8, 4) is 0 Å². The van der Waals surface area contributed by atoms with E-state index in [1.165, 1.54) is 0 Å². The lowest BCUT2D eigenvalue weighted by molar-refractivity contribution is -0.240. The third kappa shape index (κ3) is 6.43. The largest absolute Gasteiger partial charge is 0.463 e. The molecular weight excluding hydrogens is 212 g/mol. The maximum Gasteiger partial charge on any atom is 0.336 e. The smallest absolute Gasteiger partial charge is 0.336 e. The molecule has 0 saturated heterocycles. The zero-order chi connectivity index (χ0) is 12.1. The second kappa shape index (κ2) is 6.04. The first-order valence-corrected chi connectivity index (χ1v) is 8.39. The monoisotopic (exact) mass is 232 g/mol. The number of ether oxygens (including phenoxy) is 1. The van der Waals surface area contributed by atoms with Crippen LogP contribution in [0.4, 0.5) is 0 Å². The van der Waals surface area contributed by atoms with E-state index in [0.29, 0.717) is 6.61 Å². The molecule has 5 heteroatoms. The van der Waals surface area contributed by atoms with Crippen LogP contribution in [0, 0.1) is 0 Å². The lowest BCUT2D eigenvalue weighted by atomic mass is 10.2. The lowest BCUT2D eigenvalue weighted by Crippen LogP contribution is -2.29. The molecule has 0 N–H and O–H groups in total. The molecule has 0 aliphatic rings. The van der Waals surface area contributed by atoms with Crippen LogP contribution in [0.5, 0.6) is 0 Å². The molecule has 1 unspecified atom stereocenters. The van der Waals surface area contributed by atoms with Crippen molar-refractivity contribution in [2.24, 2.45) is 0 Å². The highest BCUT2D eigenvalue weighted by Crippen LogP contribution is 2.11. The molecule has 0 amide bonds. The number of carbonyl (C=O) groups is 1. The molecule has 88 valence electrons. The van der Waals surface area contributed by atoms with Gasteiger partial charge in [0.15, 0.2) is 0 Å². The summed E-state index contributed by atoms with van der Waals surface area (Å²) in [6.45, 7) is 13.4. The van der Waals surface area contributed by atoms with E-state index in [1.54, 1.807) is 13.8 Å². The first kappa shape index (κ1) is 14.3. The topological polar surface area (TPSA) is 44.8 Å². The predicted molar refractivity (Wildman–Crippen MR) is 60.8 cm³/mol. The van der Waals surface area contributed by atoms with E-state index in [4.69, 9.17) is 14.2 Å². The molecule has 0 saturated carbocycles. The van der Waals surface area contributed by atoms with Crippen molar-refractivity contribution in [2.75, 3.05) is 6.61 Å². The minimum atomic E-state index is -1.73. The van der Waals surface area contributed by atoms with E-state index in [-0.39, 0.29) is 5.57 Å². The molecule has 0 aliphatic heterocycles. The first-order chi connectivity index (χ1) is 6.78. The Bertz CT molecular complexity index is 232. The van der Waals surface area contributed by atoms with Gasteiger partial charge in [-0.25, -0.2) is 9.68 Å². The fraction of sp³-hybridized carbons (Fsp3) is 0.700. The van der Waals surface area contributed by atoms with Crippen LogP contribution < -0.4 is 0 Å². The molecule has 0 aromatic heterocycles. The van der Waals surface area contributed by atoms with Gasteiger partial charge in [0.1, 0.15) is 6.10 Å². The molecule has 0 heterocycles. The number of hydrogen-bond acceptors (Lipinski definition) is 4. The van der Waals surface area contributed by atoms with Crippen LogP contribution in [0.15, 0.2) is 12.2 Å². The van der Waals surface area contributed by atoms with Crippen LogP contribution in [0.2, 0.25) is 19.6 Å². The van der Waals surface area contributed by atoms with Gasteiger partial charge in [0.2, 0.25) is 8.32 Å². The van der Waals surface area contributed by atoms with Gasteiger partial charge in [-0.15, -0.1) is 0 Å². The van der Waals surface area contributed by atoms with Crippen molar-refractivity contribution in [1.82, 2.24) is 0 Å². The van der Waals surface area contributed by atoms with Gasteiger partial charge in [-0.2, -0.15) is 0 Å². The average molecular weight is 232 g/mol. The molecule has 0 bridgehead atoms. The summed E-state index contributed by atoms with van der Waals surface area (Å²) in [6.07, 6.45) is -0.476. The van der Waals surface area contributed by atoms with Crippen molar-refractivity contribution in [2.45, 2.75) is 39.6 Å². The summed E-state index contributed by atoms with van der Waals surface area (Å²) < 4.78 is 10.0. The second-order valence-corrected chi connectivity index (χ2v) is 8.57. The Kier molecular flexibility index (Phi) is 5.78. The molecule has 0 aromatic carbocycles. The van der Waals surface area contributed by atoms with Gasteiger partial charge in [0.05, 0.1) is 12.2 Å². The highest BCUT2D eigenvalue weighted by atomic mass is 28.4. The first-order valence-electron chi connectivity index (χ1n) is 4.98. The molecule has 0 radical (unpaired) electrons. The van der Waals surface area contributed by atoms with Crippen molar-refractivity contribution >= 4 is 14.3 Å². The molecular formula is C10H20O4Si. The number of esters is 1. The quantitative estimate of drug-likeness (QED) is 0.232. The van der Waals surface area contributed by atoms with E-state index >= 15 is 0 Å². The van der Waals surface area contributed by atoms with Crippen LogP contribution in [0.3, 0.4) is 0 Å². The van der Waals surface area contributed by atoms with Gasteiger partial charge in [0, 0.05) is 0 Å². The Morgan fingerprint density at radius 2 is 1.93 bits per heavy atom. The van der Waals surface area contributed by atoms with E-state index in [9.17, 15) is 4.79 Å². The van der Waals surface area contributed by atoms with E-state index < -0.39 is 20.4 Å². The molecule has 4 nitrogen and oxygen atoms in total. The summed E-state index contributed by atoms with van der Waals surface area (Å²) in [5.41, 5.74) is 0.273. The minimum Gasteiger partial charge on any atom is -0.463 e. The van der Waals surface area contributed by atoms with E-state index in [1.807, 2.05) is 19.6 Å². The summed E-state index contributed by atoms with van der Waals surface area (Å²) in [7, 11) is -1.73. The molecule has 0 aliphatic carbocycles. The fourth-order valence-electron chi connectivity index (χ4n) is 0.664. The zero-order valence-electron chi connectivity index (χ0n) is 10.1. The average Bonchev–Trinajstić information content (AvgIpc) is 2.12. The normalized spacial score (nSPS) is 13.4. The van der Waals surface area contributed by atoms with Crippen LogP contribution in [0.25, 0.3) is 0 Å². The Morgan fingerprint density at radius 1 is 1.40 bits per heavy atom. The lowest BCUT2D eigenvalue weighted by Gasteiger charge is -2.20. The van der Waals surface area contributed by atoms with Crippen LogP contribution in [-0.2, 0) is 19.0 Å². The van der Waals surface area contributed by atoms with Crippen LogP contribution in [0.1, 0.15) is 13.8 Å². The Morgan fingerprint density at radius 3 is 2.33 bits per heavy atom. The number of carbonyl (C=O) groups excluding carboxylic acids is 1. The highest BCUT2D eigenvalue weighted by molar-refractivity contribution is 6.69. The molecule has 15 heavy (non-hydrogen) atoms. The van der Waals surface area contributed by atoms with E-state index in [2.05, 4.69) is 6.58 Å². The van der Waals surface area contributed by atoms with Crippen LogP contribution in [-0.4, -0.2) is 27.0 Å². The van der Waals surface area contributed by atoms with Gasteiger partial charge in [-0.1, -0.05) is 6.58 Å². The minimum absolute atomic E-state index is 0.273. The predicted octanol–water partition coefficient (Wildman–Crippen LogP) is 2.28. The standard InChI is InChI=1S/C10H20O4Si/c1-7-12-10(11)8(2)9(3)13-14-15(4,5)6/h9H,2,7H2,1,3-6H3. The maximum atomic E-state index is 11.3. The maximum absolute atomic E-state index is 11.3. The van der Waals surface area contributed by atoms with Crippen LogP contribution >= 0.6 is 0 Å². The summed E-state index contributed by atoms with van der Waals surface area (Å²) in [5.74, 6) is -0.441. The summed E-state index contributed by atoms with van der Waals surface area (Å²) in [6, 6.07) is 0. The van der Waals surface area contributed by atoms with Crippen molar-refractivity contribution < 1.29 is 19.0 Å². The van der Waals surface area contributed by atoms with Gasteiger partial charge >= 0.3 is 5.97 Å². The van der Waals surface area contributed by atoms with Gasteiger partial charge < -0.3 is 4.74 Å². The fourth-order valence-corrected chi connectivity index (χ4v) is 1.10. The third-order valence-corrected chi connectivity index (χ3v) is 2.07. The number of hydrogen-bond donors (Lipinski definition) is 0. The number of rotatable bonds is 6. The highest BCUT2D eigenvalue weighted by Gasteiger charge is 2.22. The Balaban J connectivity index is 4.05. The van der Waals surface area contributed by atoms with Gasteiger partial charge in [0.25, 0.3) is 0 Å². The summed E-state index contributed by atoms with van der Waals surface area (Å²) >= 11 is 0. The SMILES string of the molecule is C=C(C(=O)OCC)C(C)OO[Si](C)(C)C. The van der Waals surface area contributed by atoms with Gasteiger partial charge in [-0.05, 0) is 33.5 Å². The summed E-state index contributed by atoms with van der Waals surface area (Å²) in [4.78, 5) is 16.4. The van der Waals surface area contributed by atoms with Crippen molar-refractivity contribution in [1.29, 1.82) is 0 Å². The third-order valence-electron chi connectivity index (χ3n) is 1.47. The second-order valence-electron chi connectivity index (χ2n) is 4.18. The Labute approximate surface area is 92.3 Å². The Hall–Kier alpha value is -0.653. The summed E-state index contributed by atoms with van der Waals surface area (Å²) in [5, 5.41) is 0. The molecule has 1 atom stereocenters. The zero-order valence-corrected chi connectivity index (χ0v) is 11.1. The van der Waals surface area contributed by atoms with Crippen molar-refractivity contribution in [3.05, 3.63) is 12.2 Å². The van der Waals surface area contributed by atoms with Crippen molar-refractivity contribution in [3.63, 3.8) is 0 Å². The molecule has 0 rings (SSSR count).